The van der Waals surface area contributed by atoms with Crippen molar-refractivity contribution in [2.75, 3.05) is 34.4 Å². The van der Waals surface area contributed by atoms with Crippen molar-refractivity contribution in [3.63, 3.8) is 0 Å². The average molecular weight is 235 g/mol. The van der Waals surface area contributed by atoms with Crippen molar-refractivity contribution in [3.05, 3.63) is 0 Å². The molecule has 0 saturated carbocycles. The summed E-state index contributed by atoms with van der Waals surface area (Å²) in [6.07, 6.45) is 0.932. The first-order valence-electron chi connectivity index (χ1n) is 4.96. The van der Waals surface area contributed by atoms with E-state index in [2.05, 4.69) is 10.1 Å². The molecule has 90 valence electrons. The highest BCUT2D eigenvalue weighted by atomic mass is 28.4. The van der Waals surface area contributed by atoms with Gasteiger partial charge in [-0.1, -0.05) is 0 Å². The van der Waals surface area contributed by atoms with Crippen LogP contribution in [0.5, 0.6) is 0 Å². The summed E-state index contributed by atoms with van der Waals surface area (Å²) in [5, 5.41) is 2.99. The smallest absolute Gasteiger partial charge is 0.334 e. The first-order valence-corrected chi connectivity index (χ1v) is 7.48. The van der Waals surface area contributed by atoms with Crippen LogP contribution >= 0.6 is 0 Å². The lowest BCUT2D eigenvalue weighted by molar-refractivity contribution is -0.139. The van der Waals surface area contributed by atoms with Crippen LogP contribution in [0.2, 0.25) is 12.6 Å². The topological polar surface area (TPSA) is 56.8 Å². The van der Waals surface area contributed by atoms with Gasteiger partial charge < -0.3 is 18.9 Å². The number of hydrogen-bond donors (Lipinski definition) is 1. The largest absolute Gasteiger partial charge is 0.468 e. The van der Waals surface area contributed by atoms with Gasteiger partial charge >= 0.3 is 14.5 Å². The minimum absolute atomic E-state index is 0.242. The fraction of sp³-hybridized carbons (Fsp3) is 0.889. The van der Waals surface area contributed by atoms with E-state index in [0.29, 0.717) is 0 Å². The minimum Gasteiger partial charge on any atom is -0.468 e. The second-order valence-corrected chi connectivity index (χ2v) is 6.98. The van der Waals surface area contributed by atoms with Crippen molar-refractivity contribution in [1.29, 1.82) is 0 Å². The fourth-order valence-electron chi connectivity index (χ4n) is 1.08. The van der Waals surface area contributed by atoms with Gasteiger partial charge in [-0.15, -0.1) is 0 Å². The Bertz CT molecular complexity index is 185. The van der Waals surface area contributed by atoms with E-state index in [1.54, 1.807) is 14.2 Å². The molecule has 0 heterocycles. The molecular formula is C9H21NO4Si. The Kier molecular flexibility index (Phi) is 7.58. The molecule has 0 aromatic carbocycles. The Morgan fingerprint density at radius 2 is 1.87 bits per heavy atom. The molecule has 0 spiro atoms. The Labute approximate surface area is 92.3 Å². The third-order valence-electron chi connectivity index (χ3n) is 2.35. The van der Waals surface area contributed by atoms with E-state index in [-0.39, 0.29) is 12.5 Å². The van der Waals surface area contributed by atoms with E-state index >= 15 is 0 Å². The molecule has 0 aromatic rings. The van der Waals surface area contributed by atoms with E-state index in [0.717, 1.165) is 19.0 Å². The van der Waals surface area contributed by atoms with Crippen molar-refractivity contribution in [2.24, 2.45) is 0 Å². The summed E-state index contributed by atoms with van der Waals surface area (Å²) in [5.74, 6) is -0.242. The van der Waals surface area contributed by atoms with Gasteiger partial charge in [-0.3, -0.25) is 4.79 Å². The van der Waals surface area contributed by atoms with Crippen LogP contribution in [0.3, 0.4) is 0 Å². The molecule has 0 saturated heterocycles. The van der Waals surface area contributed by atoms with Crippen molar-refractivity contribution in [3.8, 4) is 0 Å². The zero-order valence-corrected chi connectivity index (χ0v) is 11.0. The van der Waals surface area contributed by atoms with E-state index in [1.807, 2.05) is 6.55 Å². The van der Waals surface area contributed by atoms with E-state index in [4.69, 9.17) is 8.85 Å². The molecule has 0 aliphatic carbocycles. The normalized spacial score (nSPS) is 11.5. The molecule has 0 aliphatic heterocycles. The van der Waals surface area contributed by atoms with Gasteiger partial charge in [0.1, 0.15) is 0 Å². The number of rotatable bonds is 8. The van der Waals surface area contributed by atoms with Gasteiger partial charge in [0, 0.05) is 14.2 Å². The van der Waals surface area contributed by atoms with E-state index < -0.39 is 8.56 Å². The Morgan fingerprint density at radius 3 is 2.33 bits per heavy atom. The maximum atomic E-state index is 10.8. The second-order valence-electron chi connectivity index (χ2n) is 3.40. The van der Waals surface area contributed by atoms with Gasteiger partial charge in [0.2, 0.25) is 0 Å². The first kappa shape index (κ1) is 14.6. The summed E-state index contributed by atoms with van der Waals surface area (Å²) in [7, 11) is 2.80. The summed E-state index contributed by atoms with van der Waals surface area (Å²) < 4.78 is 15.2. The van der Waals surface area contributed by atoms with Crippen molar-refractivity contribution in [1.82, 2.24) is 5.32 Å². The van der Waals surface area contributed by atoms with Crippen molar-refractivity contribution < 1.29 is 18.4 Å². The SMILES string of the molecule is COC(=O)CNCCC[Si](C)(OC)OC. The number of methoxy groups -OCH3 is 1. The molecule has 6 heteroatoms. The van der Waals surface area contributed by atoms with Crippen LogP contribution in [0.1, 0.15) is 6.42 Å². The zero-order chi connectivity index (χ0) is 11.7. The van der Waals surface area contributed by atoms with E-state index in [9.17, 15) is 4.79 Å². The summed E-state index contributed by atoms with van der Waals surface area (Å²) in [6, 6.07) is 0.911. The monoisotopic (exact) mass is 235 g/mol. The third-order valence-corrected chi connectivity index (χ3v) is 5.33. The summed E-state index contributed by atoms with van der Waals surface area (Å²) in [5.41, 5.74) is 0. The molecule has 0 radical (unpaired) electrons. The number of ether oxygens (including phenoxy) is 1. The van der Waals surface area contributed by atoms with Crippen LogP contribution in [0.4, 0.5) is 0 Å². The van der Waals surface area contributed by atoms with Crippen LogP contribution < -0.4 is 5.32 Å². The van der Waals surface area contributed by atoms with Gasteiger partial charge in [0.05, 0.1) is 13.7 Å². The number of carbonyl (C=O) groups excluding carboxylic acids is 1. The van der Waals surface area contributed by atoms with Crippen LogP contribution in [0.15, 0.2) is 0 Å². The van der Waals surface area contributed by atoms with E-state index in [1.165, 1.54) is 7.11 Å². The lowest BCUT2D eigenvalue weighted by atomic mass is 10.5. The molecule has 0 atom stereocenters. The lowest BCUT2D eigenvalue weighted by Crippen LogP contribution is -2.37. The number of nitrogens with one attached hydrogen (secondary N) is 1. The fourth-order valence-corrected chi connectivity index (χ4v) is 2.48. The Balaban J connectivity index is 3.49. The quantitative estimate of drug-likeness (QED) is 0.377. The molecule has 0 fully saturated rings. The standard InChI is InChI=1S/C9H21NO4Si/c1-12-9(11)8-10-6-5-7-15(4,13-2)14-3/h10H,5-8H2,1-4H3. The third kappa shape index (κ3) is 6.61. The predicted molar refractivity (Wildman–Crippen MR) is 59.9 cm³/mol. The first-order chi connectivity index (χ1) is 7.08. The van der Waals surface area contributed by atoms with Crippen LogP contribution in [-0.4, -0.2) is 48.9 Å². The van der Waals surface area contributed by atoms with Gasteiger partial charge in [0.25, 0.3) is 0 Å². The summed E-state index contributed by atoms with van der Waals surface area (Å²) >= 11 is 0. The lowest BCUT2D eigenvalue weighted by Gasteiger charge is -2.22. The zero-order valence-electron chi connectivity index (χ0n) is 9.96. The molecule has 0 unspecified atom stereocenters. The maximum absolute atomic E-state index is 10.8. The van der Waals surface area contributed by atoms with Gasteiger partial charge in [0.15, 0.2) is 0 Å². The van der Waals surface area contributed by atoms with Gasteiger partial charge in [-0.25, -0.2) is 0 Å². The molecule has 1 N–H and O–H groups in total. The maximum Gasteiger partial charge on any atom is 0.334 e. The molecule has 5 nitrogen and oxygen atoms in total. The van der Waals surface area contributed by atoms with Crippen LogP contribution in [-0.2, 0) is 18.4 Å². The van der Waals surface area contributed by atoms with Gasteiger partial charge in [-0.2, -0.15) is 0 Å². The summed E-state index contributed by atoms with van der Waals surface area (Å²) in [6.45, 7) is 3.05. The van der Waals surface area contributed by atoms with Crippen LogP contribution in [0, 0.1) is 0 Å². The molecule has 0 rings (SSSR count). The highest BCUT2D eigenvalue weighted by molar-refractivity contribution is 6.65. The average Bonchev–Trinajstić information content (AvgIpc) is 2.27. The number of esters is 1. The molecule has 0 bridgehead atoms. The molecule has 0 amide bonds. The highest BCUT2D eigenvalue weighted by Gasteiger charge is 2.27. The van der Waals surface area contributed by atoms with Gasteiger partial charge in [-0.05, 0) is 25.6 Å². The molecule has 0 aliphatic rings. The number of carbonyl (C=O) groups is 1. The Morgan fingerprint density at radius 1 is 1.27 bits per heavy atom. The minimum atomic E-state index is -1.94. The second kappa shape index (κ2) is 7.81. The highest BCUT2D eigenvalue weighted by Crippen LogP contribution is 2.12. The predicted octanol–water partition coefficient (Wildman–Crippen LogP) is 0.504. The number of hydrogen-bond acceptors (Lipinski definition) is 5. The Hall–Kier alpha value is -0.433. The molecule has 0 aromatic heterocycles. The summed E-state index contributed by atoms with van der Waals surface area (Å²) in [4.78, 5) is 10.8. The van der Waals surface area contributed by atoms with Crippen molar-refractivity contribution >= 4 is 14.5 Å². The van der Waals surface area contributed by atoms with Crippen molar-refractivity contribution in [2.45, 2.75) is 19.0 Å². The molecular weight excluding hydrogens is 214 g/mol. The van der Waals surface area contributed by atoms with Crippen LogP contribution in [0.25, 0.3) is 0 Å². The molecule has 15 heavy (non-hydrogen) atoms.